The van der Waals surface area contributed by atoms with Gasteiger partial charge in [-0.2, -0.15) is 20.1 Å². The van der Waals surface area contributed by atoms with Gasteiger partial charge in [0.1, 0.15) is 0 Å². The van der Waals surface area contributed by atoms with Crippen LogP contribution >= 0.6 is 11.6 Å². The fourth-order valence-corrected chi connectivity index (χ4v) is 2.95. The predicted molar refractivity (Wildman–Crippen MR) is 125 cm³/mol. The Labute approximate surface area is 182 Å². The number of aromatic nitrogens is 3. The van der Waals surface area contributed by atoms with E-state index in [1.807, 2.05) is 31.2 Å². The number of hydrogen-bond acceptors (Lipinski definition) is 7. The molecular weight excluding hydrogens is 398 g/mol. The highest BCUT2D eigenvalue weighted by Crippen LogP contribution is 2.22. The molecule has 0 fully saturated rings. The van der Waals surface area contributed by atoms with Crippen LogP contribution in [-0.2, 0) is 0 Å². The van der Waals surface area contributed by atoms with Gasteiger partial charge in [-0.3, -0.25) is 0 Å². The van der Waals surface area contributed by atoms with Crippen molar-refractivity contribution in [3.8, 4) is 0 Å². The van der Waals surface area contributed by atoms with Gasteiger partial charge in [0.15, 0.2) is 0 Å². The number of rotatable bonds is 8. The van der Waals surface area contributed by atoms with E-state index in [2.05, 4.69) is 74.7 Å². The molecule has 1 heterocycles. The minimum absolute atomic E-state index is 0.366. The zero-order chi connectivity index (χ0) is 21.5. The van der Waals surface area contributed by atoms with Crippen LogP contribution in [-0.4, -0.2) is 34.3 Å². The Balaban J connectivity index is 1.87. The van der Waals surface area contributed by atoms with Gasteiger partial charge < -0.3 is 10.2 Å². The van der Waals surface area contributed by atoms with E-state index in [-0.39, 0.29) is 0 Å². The van der Waals surface area contributed by atoms with Crippen LogP contribution in [0.15, 0.2) is 47.6 Å². The van der Waals surface area contributed by atoms with E-state index >= 15 is 0 Å². The first-order valence-corrected chi connectivity index (χ1v) is 10.3. The summed E-state index contributed by atoms with van der Waals surface area (Å²) < 4.78 is 0. The molecule has 0 bridgehead atoms. The molecule has 0 atom stereocenters. The lowest BCUT2D eigenvalue weighted by Crippen LogP contribution is -2.25. The Bertz CT molecular complexity index is 1010. The van der Waals surface area contributed by atoms with Gasteiger partial charge in [-0.1, -0.05) is 35.9 Å². The van der Waals surface area contributed by atoms with Gasteiger partial charge in [0, 0.05) is 23.8 Å². The van der Waals surface area contributed by atoms with Crippen molar-refractivity contribution in [1.82, 2.24) is 15.0 Å². The molecule has 0 radical (unpaired) electrons. The third-order valence-corrected chi connectivity index (χ3v) is 4.81. The molecule has 8 heteroatoms. The second kappa shape index (κ2) is 10.0. The summed E-state index contributed by atoms with van der Waals surface area (Å²) >= 11 is 5.92. The van der Waals surface area contributed by atoms with E-state index in [1.54, 1.807) is 6.21 Å². The fourth-order valence-electron chi connectivity index (χ4n) is 2.82. The maximum Gasteiger partial charge on any atom is 0.250 e. The summed E-state index contributed by atoms with van der Waals surface area (Å²) in [6.07, 6.45) is 1.69. The molecule has 0 aliphatic carbocycles. The van der Waals surface area contributed by atoms with Crippen molar-refractivity contribution in [2.45, 2.75) is 27.7 Å². The number of hydrogen-bond donors (Lipinski definition) is 2. The summed E-state index contributed by atoms with van der Waals surface area (Å²) in [5.41, 5.74) is 7.06. The first-order valence-electron chi connectivity index (χ1n) is 9.88. The van der Waals surface area contributed by atoms with Crippen molar-refractivity contribution >= 4 is 41.3 Å². The molecule has 3 rings (SSSR count). The van der Waals surface area contributed by atoms with Crippen LogP contribution in [0.3, 0.4) is 0 Å². The van der Waals surface area contributed by atoms with Crippen molar-refractivity contribution in [3.05, 3.63) is 64.2 Å². The maximum absolute atomic E-state index is 5.92. The van der Waals surface area contributed by atoms with E-state index in [4.69, 9.17) is 11.6 Å². The molecule has 0 saturated carbocycles. The molecule has 0 unspecified atom stereocenters. The number of nitrogens with zero attached hydrogens (tertiary/aromatic N) is 5. The smallest absolute Gasteiger partial charge is 0.250 e. The number of hydrazone groups is 1. The zero-order valence-electron chi connectivity index (χ0n) is 17.6. The molecular formula is C22H26ClN7. The third-order valence-electron chi connectivity index (χ3n) is 4.56. The normalized spacial score (nSPS) is 11.0. The van der Waals surface area contributed by atoms with Crippen molar-refractivity contribution in [1.29, 1.82) is 0 Å². The van der Waals surface area contributed by atoms with Crippen LogP contribution < -0.4 is 15.6 Å². The van der Waals surface area contributed by atoms with Crippen molar-refractivity contribution in [2.75, 3.05) is 28.7 Å². The Morgan fingerprint density at radius 1 is 0.967 bits per heavy atom. The lowest BCUT2D eigenvalue weighted by Gasteiger charge is -2.19. The summed E-state index contributed by atoms with van der Waals surface area (Å²) in [5.74, 6) is 1.42. The number of anilines is 4. The number of benzene rings is 2. The van der Waals surface area contributed by atoms with Gasteiger partial charge in [-0.25, -0.2) is 5.43 Å². The highest BCUT2D eigenvalue weighted by Gasteiger charge is 2.12. The fraction of sp³-hybridized carbons (Fsp3) is 0.273. The summed E-state index contributed by atoms with van der Waals surface area (Å²) in [4.78, 5) is 15.7. The largest absolute Gasteiger partial charge is 0.341 e. The average Bonchev–Trinajstić information content (AvgIpc) is 2.73. The summed E-state index contributed by atoms with van der Waals surface area (Å²) in [5, 5.41) is 8.26. The number of aryl methyl sites for hydroxylation is 2. The highest BCUT2D eigenvalue weighted by atomic mass is 35.5. The lowest BCUT2D eigenvalue weighted by molar-refractivity contribution is 0.814. The van der Waals surface area contributed by atoms with Crippen LogP contribution in [0, 0.1) is 13.8 Å². The molecule has 0 spiro atoms. The van der Waals surface area contributed by atoms with E-state index in [1.165, 1.54) is 0 Å². The van der Waals surface area contributed by atoms with Gasteiger partial charge >= 0.3 is 0 Å². The van der Waals surface area contributed by atoms with Crippen molar-refractivity contribution in [3.63, 3.8) is 0 Å². The molecule has 3 aromatic rings. The van der Waals surface area contributed by atoms with Gasteiger partial charge in [-0.05, 0) is 62.6 Å². The third kappa shape index (κ3) is 5.67. The standard InChI is InChI=1S/C22H26ClN7/c1-5-30(6-2)22-27-20(25-19-13-15(3)7-8-16(19)4)26-21(28-22)29-24-14-17-9-11-18(23)12-10-17/h7-14H,5-6H2,1-4H3,(H2,25,26,27,28,29). The van der Waals surface area contributed by atoms with Gasteiger partial charge in [-0.15, -0.1) is 0 Å². The molecule has 7 nitrogen and oxygen atoms in total. The average molecular weight is 424 g/mol. The Morgan fingerprint density at radius 3 is 2.37 bits per heavy atom. The molecule has 0 aliphatic heterocycles. The molecule has 1 aromatic heterocycles. The van der Waals surface area contributed by atoms with E-state index in [0.717, 1.165) is 35.5 Å². The van der Waals surface area contributed by atoms with Crippen LogP contribution in [0.1, 0.15) is 30.5 Å². The maximum atomic E-state index is 5.92. The first kappa shape index (κ1) is 21.5. The van der Waals surface area contributed by atoms with E-state index < -0.39 is 0 Å². The number of nitrogens with one attached hydrogen (secondary N) is 2. The predicted octanol–water partition coefficient (Wildman–Crippen LogP) is 5.18. The number of halogens is 1. The van der Waals surface area contributed by atoms with Gasteiger partial charge in [0.05, 0.1) is 6.21 Å². The van der Waals surface area contributed by atoms with E-state index in [9.17, 15) is 0 Å². The quantitative estimate of drug-likeness (QED) is 0.384. The SMILES string of the molecule is CCN(CC)c1nc(NN=Cc2ccc(Cl)cc2)nc(Nc2cc(C)ccc2C)n1. The topological polar surface area (TPSA) is 78.3 Å². The van der Waals surface area contributed by atoms with Gasteiger partial charge in [0.25, 0.3) is 0 Å². The van der Waals surface area contributed by atoms with Crippen molar-refractivity contribution in [2.24, 2.45) is 5.10 Å². The van der Waals surface area contributed by atoms with Crippen molar-refractivity contribution < 1.29 is 0 Å². The second-order valence-corrected chi connectivity index (χ2v) is 7.26. The summed E-state index contributed by atoms with van der Waals surface area (Å²) in [6.45, 7) is 9.81. The lowest BCUT2D eigenvalue weighted by atomic mass is 10.1. The minimum atomic E-state index is 0.366. The Morgan fingerprint density at radius 2 is 1.67 bits per heavy atom. The Hall–Kier alpha value is -3.19. The van der Waals surface area contributed by atoms with Crippen LogP contribution in [0.25, 0.3) is 0 Å². The molecule has 156 valence electrons. The molecule has 0 aliphatic rings. The first-order chi connectivity index (χ1) is 14.5. The molecule has 30 heavy (non-hydrogen) atoms. The second-order valence-electron chi connectivity index (χ2n) is 6.82. The highest BCUT2D eigenvalue weighted by molar-refractivity contribution is 6.30. The van der Waals surface area contributed by atoms with E-state index in [0.29, 0.717) is 22.9 Å². The van der Waals surface area contributed by atoms with Crippen LogP contribution in [0.2, 0.25) is 5.02 Å². The molecule has 0 amide bonds. The zero-order valence-corrected chi connectivity index (χ0v) is 18.4. The monoisotopic (exact) mass is 423 g/mol. The molecule has 2 N–H and O–H groups in total. The van der Waals surface area contributed by atoms with Crippen LogP contribution in [0.4, 0.5) is 23.5 Å². The summed E-state index contributed by atoms with van der Waals surface area (Å²) in [7, 11) is 0. The van der Waals surface area contributed by atoms with Gasteiger partial charge in [0.2, 0.25) is 17.8 Å². The molecule has 2 aromatic carbocycles. The summed E-state index contributed by atoms with van der Waals surface area (Å²) in [6, 6.07) is 13.6. The Kier molecular flexibility index (Phi) is 7.19. The van der Waals surface area contributed by atoms with Crippen LogP contribution in [0.5, 0.6) is 0 Å². The molecule has 0 saturated heterocycles. The minimum Gasteiger partial charge on any atom is -0.341 e.